The first-order valence-corrected chi connectivity index (χ1v) is 11.2. The molecule has 4 N–H and O–H groups in total. The maximum atomic E-state index is 11.1. The topological polar surface area (TPSA) is 110 Å². The minimum atomic E-state index is -4.06. The number of benzene rings is 3. The quantitative estimate of drug-likeness (QED) is 0.339. The van der Waals surface area contributed by atoms with Gasteiger partial charge in [-0.25, -0.2) is 0 Å². The van der Waals surface area contributed by atoms with E-state index in [-0.39, 0.29) is 35.6 Å². The van der Waals surface area contributed by atoms with Crippen LogP contribution in [-0.4, -0.2) is 26.2 Å². The fourth-order valence-electron chi connectivity index (χ4n) is 3.47. The minimum absolute atomic E-state index is 0.00215. The molecule has 0 amide bonds. The highest BCUT2D eigenvalue weighted by atomic mass is 31.2. The number of fused-ring (bicyclic) bond motifs is 2. The molecule has 0 saturated heterocycles. The Labute approximate surface area is 174 Å². The normalized spacial score (nSPS) is 12.9. The molecule has 156 valence electrons. The molecule has 4 rings (SSSR count). The summed E-state index contributed by atoms with van der Waals surface area (Å²) >= 11 is 0. The van der Waals surface area contributed by atoms with Crippen LogP contribution in [0.25, 0.3) is 0 Å². The third-order valence-electron chi connectivity index (χ3n) is 5.20. The van der Waals surface area contributed by atoms with Crippen molar-refractivity contribution in [3.63, 3.8) is 0 Å². The zero-order valence-electron chi connectivity index (χ0n) is 16.5. The summed E-state index contributed by atoms with van der Waals surface area (Å²) in [5.41, 5.74) is 4.10. The molecule has 8 heteroatoms. The average Bonchev–Trinajstić information content (AvgIpc) is 2.71. The molecule has 1 aliphatic rings. The van der Waals surface area contributed by atoms with Gasteiger partial charge in [-0.3, -0.25) is 4.57 Å². The number of phenols is 2. The van der Waals surface area contributed by atoms with E-state index in [1.807, 2.05) is 41.3 Å². The molecule has 3 aromatic carbocycles. The van der Waals surface area contributed by atoms with Crippen molar-refractivity contribution in [3.8, 4) is 23.0 Å². The minimum Gasteiger partial charge on any atom is -0.504 e. The largest absolute Gasteiger partial charge is 0.504 e. The van der Waals surface area contributed by atoms with Crippen molar-refractivity contribution in [2.45, 2.75) is 20.3 Å². The van der Waals surface area contributed by atoms with Gasteiger partial charge < -0.3 is 29.6 Å². The Morgan fingerprint density at radius 1 is 0.833 bits per heavy atom. The van der Waals surface area contributed by atoms with Crippen LogP contribution in [-0.2, 0) is 11.0 Å². The van der Waals surface area contributed by atoms with Crippen LogP contribution < -0.4 is 9.64 Å². The van der Waals surface area contributed by atoms with Crippen LogP contribution >= 0.6 is 7.60 Å². The summed E-state index contributed by atoms with van der Waals surface area (Å²) in [4.78, 5) is 20.1. The second kappa shape index (κ2) is 7.36. The number of ether oxygens (including phenoxy) is 1. The van der Waals surface area contributed by atoms with Crippen LogP contribution in [0.1, 0.15) is 16.7 Å². The van der Waals surface area contributed by atoms with Crippen LogP contribution in [0.2, 0.25) is 0 Å². The maximum Gasteiger partial charge on any atom is 0.325 e. The molecule has 30 heavy (non-hydrogen) atoms. The van der Waals surface area contributed by atoms with Crippen molar-refractivity contribution in [2.24, 2.45) is 0 Å². The number of nitrogens with zero attached hydrogens (tertiary/aromatic N) is 1. The summed E-state index contributed by atoms with van der Waals surface area (Å²) < 4.78 is 17.1. The molecular formula is C22H22NO6P. The van der Waals surface area contributed by atoms with Gasteiger partial charge in [0.25, 0.3) is 0 Å². The maximum absolute atomic E-state index is 11.1. The number of anilines is 3. The smallest absolute Gasteiger partial charge is 0.325 e. The lowest BCUT2D eigenvalue weighted by Crippen LogP contribution is -2.16. The number of hydrogen-bond acceptors (Lipinski definition) is 5. The summed E-state index contributed by atoms with van der Waals surface area (Å²) in [6, 6.07) is 14.5. The molecule has 0 saturated carbocycles. The van der Waals surface area contributed by atoms with Gasteiger partial charge in [-0.05, 0) is 61.2 Å². The van der Waals surface area contributed by atoms with Gasteiger partial charge >= 0.3 is 7.60 Å². The second-order valence-electron chi connectivity index (χ2n) is 7.40. The predicted octanol–water partition coefficient (Wildman–Crippen LogP) is 5.01. The summed E-state index contributed by atoms with van der Waals surface area (Å²) in [6.07, 6.45) is 0.0523. The van der Waals surface area contributed by atoms with Gasteiger partial charge in [-0.1, -0.05) is 24.3 Å². The first kappa shape index (κ1) is 20.3. The predicted molar refractivity (Wildman–Crippen MR) is 115 cm³/mol. The van der Waals surface area contributed by atoms with Crippen LogP contribution in [0, 0.1) is 13.8 Å². The van der Waals surface area contributed by atoms with Crippen LogP contribution in [0.4, 0.5) is 17.1 Å². The third-order valence-corrected chi connectivity index (χ3v) is 6.00. The molecule has 0 aromatic heterocycles. The molecule has 1 aliphatic heterocycles. The van der Waals surface area contributed by atoms with Crippen molar-refractivity contribution in [1.29, 1.82) is 0 Å². The Kier molecular flexibility index (Phi) is 4.98. The molecule has 3 aromatic rings. The molecule has 0 aliphatic carbocycles. The molecule has 0 radical (unpaired) electrons. The second-order valence-corrected chi connectivity index (χ2v) is 9.18. The molecule has 0 fully saturated rings. The van der Waals surface area contributed by atoms with E-state index in [9.17, 15) is 14.8 Å². The molecule has 0 bridgehead atoms. The fourth-order valence-corrected chi connectivity index (χ4v) is 4.02. The van der Waals surface area contributed by atoms with Crippen LogP contribution in [0.15, 0.2) is 48.5 Å². The van der Waals surface area contributed by atoms with Gasteiger partial charge in [0, 0.05) is 5.69 Å². The number of rotatable bonds is 4. The number of aryl methyl sites for hydroxylation is 3. The van der Waals surface area contributed by atoms with Crippen molar-refractivity contribution in [3.05, 3.63) is 65.2 Å². The van der Waals surface area contributed by atoms with E-state index in [0.29, 0.717) is 22.5 Å². The van der Waals surface area contributed by atoms with Gasteiger partial charge in [0.15, 0.2) is 23.0 Å². The standard InChI is InChI=1S/C22H22NO6P/c1-13-3-9-17-21(19(13)24)29-22-18(10-4-14(2)20(22)25)23(17)16-7-5-15(6-8-16)11-12-30(26,27)28/h3-10,24-25H,11-12H2,1-2H3,(H2,26,27,28). The van der Waals surface area contributed by atoms with Gasteiger partial charge in [-0.15, -0.1) is 0 Å². The SMILES string of the molecule is Cc1ccc2c(c1O)Oc1c(ccc(C)c1O)N2c1ccc(CCP(=O)(O)O)cc1. The Morgan fingerprint density at radius 2 is 1.33 bits per heavy atom. The summed E-state index contributed by atoms with van der Waals surface area (Å²) in [6.45, 7) is 3.54. The summed E-state index contributed by atoms with van der Waals surface area (Å²) in [5.74, 6) is 0.521. The number of phenolic OH excluding ortho intramolecular Hbond substituents is 2. The lowest BCUT2D eigenvalue weighted by atomic mass is 10.1. The van der Waals surface area contributed by atoms with Gasteiger partial charge in [0.05, 0.1) is 17.5 Å². The summed E-state index contributed by atoms with van der Waals surface area (Å²) in [7, 11) is -4.06. The first-order valence-electron chi connectivity index (χ1n) is 9.42. The highest BCUT2D eigenvalue weighted by molar-refractivity contribution is 7.51. The van der Waals surface area contributed by atoms with Crippen molar-refractivity contribution >= 4 is 24.7 Å². The van der Waals surface area contributed by atoms with Crippen molar-refractivity contribution in [1.82, 2.24) is 0 Å². The lowest BCUT2D eigenvalue weighted by molar-refractivity contribution is 0.373. The molecule has 7 nitrogen and oxygen atoms in total. The zero-order valence-corrected chi connectivity index (χ0v) is 17.4. The van der Waals surface area contributed by atoms with E-state index in [1.165, 1.54) is 0 Å². The first-order chi connectivity index (χ1) is 14.2. The fraction of sp³-hybridized carbons (Fsp3) is 0.182. The van der Waals surface area contributed by atoms with Gasteiger partial charge in [0.1, 0.15) is 0 Å². The van der Waals surface area contributed by atoms with Crippen LogP contribution in [0.5, 0.6) is 23.0 Å². The Balaban J connectivity index is 1.81. The van der Waals surface area contributed by atoms with E-state index >= 15 is 0 Å². The molecule has 0 spiro atoms. The van der Waals surface area contributed by atoms with E-state index in [1.54, 1.807) is 26.0 Å². The monoisotopic (exact) mass is 427 g/mol. The van der Waals surface area contributed by atoms with Gasteiger partial charge in [0.2, 0.25) is 0 Å². The Bertz CT molecular complexity index is 1110. The number of aromatic hydroxyl groups is 2. The highest BCUT2D eigenvalue weighted by Gasteiger charge is 2.31. The van der Waals surface area contributed by atoms with Crippen molar-refractivity contribution < 1.29 is 29.3 Å². The molecule has 0 unspecified atom stereocenters. The van der Waals surface area contributed by atoms with E-state index < -0.39 is 7.60 Å². The third kappa shape index (κ3) is 3.63. The molecule has 0 atom stereocenters. The average molecular weight is 427 g/mol. The van der Waals surface area contributed by atoms with E-state index in [2.05, 4.69) is 0 Å². The van der Waals surface area contributed by atoms with E-state index in [0.717, 1.165) is 11.3 Å². The molecular weight excluding hydrogens is 405 g/mol. The molecule has 1 heterocycles. The number of hydrogen-bond donors (Lipinski definition) is 4. The van der Waals surface area contributed by atoms with Gasteiger partial charge in [-0.2, -0.15) is 0 Å². The zero-order chi connectivity index (χ0) is 21.6. The van der Waals surface area contributed by atoms with E-state index in [4.69, 9.17) is 14.5 Å². The lowest BCUT2D eigenvalue weighted by Gasteiger charge is -2.34. The Morgan fingerprint density at radius 3 is 1.80 bits per heavy atom. The van der Waals surface area contributed by atoms with Crippen LogP contribution in [0.3, 0.4) is 0 Å². The Hall–Kier alpha value is -2.99. The highest BCUT2D eigenvalue weighted by Crippen LogP contribution is 2.57. The van der Waals surface area contributed by atoms with Crippen molar-refractivity contribution in [2.75, 3.05) is 11.1 Å². The summed E-state index contributed by atoms with van der Waals surface area (Å²) in [5, 5.41) is 21.2.